The standard InChI is InChI=1S/C10H16ClN5O3S/c1-6(2)15-9(17)5-14-20(18,19)7-3-8(11)10(16-12)13-4-7/h3-4,6,14H,5,12H2,1-2H3,(H,13,16)(H,15,17). The molecule has 0 aliphatic carbocycles. The summed E-state index contributed by atoms with van der Waals surface area (Å²) in [6.45, 7) is 3.18. The van der Waals surface area contributed by atoms with E-state index in [0.717, 1.165) is 6.20 Å². The van der Waals surface area contributed by atoms with Crippen LogP contribution >= 0.6 is 11.6 Å². The van der Waals surface area contributed by atoms with Crippen molar-refractivity contribution in [2.45, 2.75) is 24.8 Å². The quantitative estimate of drug-likeness (QED) is 0.425. The third-order valence-corrected chi connectivity index (χ3v) is 3.79. The molecular weight excluding hydrogens is 306 g/mol. The number of sulfonamides is 1. The van der Waals surface area contributed by atoms with Crippen molar-refractivity contribution in [1.29, 1.82) is 0 Å². The normalized spacial score (nSPS) is 11.4. The number of nitrogens with two attached hydrogens (primary N) is 1. The molecule has 10 heteroatoms. The topological polar surface area (TPSA) is 126 Å². The first-order valence-corrected chi connectivity index (χ1v) is 7.53. The second kappa shape index (κ2) is 6.84. The maximum atomic E-state index is 11.9. The van der Waals surface area contributed by atoms with Crippen LogP contribution in [0.1, 0.15) is 13.8 Å². The van der Waals surface area contributed by atoms with Gasteiger partial charge in [-0.1, -0.05) is 11.6 Å². The Morgan fingerprint density at radius 1 is 1.50 bits per heavy atom. The number of aromatic nitrogens is 1. The highest BCUT2D eigenvalue weighted by Gasteiger charge is 2.17. The molecule has 0 saturated heterocycles. The number of nitrogens with one attached hydrogen (secondary N) is 3. The molecule has 1 amide bonds. The van der Waals surface area contributed by atoms with Crippen molar-refractivity contribution in [2.24, 2.45) is 5.84 Å². The lowest BCUT2D eigenvalue weighted by Crippen LogP contribution is -2.39. The third-order valence-electron chi connectivity index (χ3n) is 2.14. The lowest BCUT2D eigenvalue weighted by molar-refractivity contribution is -0.120. The first kappa shape index (κ1) is 16.6. The summed E-state index contributed by atoms with van der Waals surface area (Å²) in [4.78, 5) is 15.0. The zero-order valence-corrected chi connectivity index (χ0v) is 12.5. The van der Waals surface area contributed by atoms with Gasteiger partial charge < -0.3 is 10.7 Å². The summed E-state index contributed by atoms with van der Waals surface area (Å²) >= 11 is 5.79. The van der Waals surface area contributed by atoms with Crippen LogP contribution in [0.15, 0.2) is 17.2 Å². The van der Waals surface area contributed by atoms with Gasteiger partial charge in [-0.3, -0.25) is 4.79 Å². The molecule has 0 unspecified atom stereocenters. The predicted octanol–water partition coefficient (Wildman–Crippen LogP) is -0.176. The van der Waals surface area contributed by atoms with Gasteiger partial charge in [-0.15, -0.1) is 0 Å². The summed E-state index contributed by atoms with van der Waals surface area (Å²) in [6.07, 6.45) is 1.09. The fourth-order valence-electron chi connectivity index (χ4n) is 1.29. The zero-order valence-electron chi connectivity index (χ0n) is 11.0. The van der Waals surface area contributed by atoms with Crippen LogP contribution in [0, 0.1) is 0 Å². The average molecular weight is 322 g/mol. The van der Waals surface area contributed by atoms with Gasteiger partial charge in [-0.05, 0) is 19.9 Å². The van der Waals surface area contributed by atoms with Gasteiger partial charge in [0.25, 0.3) is 0 Å². The fraction of sp³-hybridized carbons (Fsp3) is 0.400. The van der Waals surface area contributed by atoms with Gasteiger partial charge in [-0.2, -0.15) is 0 Å². The molecule has 8 nitrogen and oxygen atoms in total. The molecule has 0 aromatic carbocycles. The van der Waals surface area contributed by atoms with E-state index in [-0.39, 0.29) is 28.3 Å². The van der Waals surface area contributed by atoms with Crippen LogP contribution in [-0.2, 0) is 14.8 Å². The molecule has 5 N–H and O–H groups in total. The van der Waals surface area contributed by atoms with E-state index in [1.165, 1.54) is 6.07 Å². The summed E-state index contributed by atoms with van der Waals surface area (Å²) in [5.41, 5.74) is 2.22. The van der Waals surface area contributed by atoms with Crippen LogP contribution in [0.25, 0.3) is 0 Å². The highest BCUT2D eigenvalue weighted by Crippen LogP contribution is 2.21. The minimum absolute atomic E-state index is 0.0574. The lowest BCUT2D eigenvalue weighted by atomic mass is 10.4. The maximum absolute atomic E-state index is 11.9. The van der Waals surface area contributed by atoms with E-state index in [0.29, 0.717) is 0 Å². The van der Waals surface area contributed by atoms with E-state index < -0.39 is 15.9 Å². The number of nitrogen functional groups attached to an aromatic ring is 1. The number of carbonyl (C=O) groups is 1. The number of hydrogen-bond acceptors (Lipinski definition) is 6. The number of pyridine rings is 1. The summed E-state index contributed by atoms with van der Waals surface area (Å²) in [7, 11) is -3.86. The van der Waals surface area contributed by atoms with Gasteiger partial charge in [0.2, 0.25) is 15.9 Å². The molecule has 0 atom stereocenters. The number of halogens is 1. The number of carbonyl (C=O) groups excluding carboxylic acids is 1. The van der Waals surface area contributed by atoms with Crippen LogP contribution in [0.4, 0.5) is 5.82 Å². The monoisotopic (exact) mass is 321 g/mol. The fourth-order valence-corrected chi connectivity index (χ4v) is 2.53. The molecule has 0 aliphatic heterocycles. The van der Waals surface area contributed by atoms with Crippen molar-refractivity contribution >= 4 is 33.3 Å². The van der Waals surface area contributed by atoms with Crippen molar-refractivity contribution < 1.29 is 13.2 Å². The van der Waals surface area contributed by atoms with Gasteiger partial charge in [0.15, 0.2) is 5.82 Å². The Kier molecular flexibility index (Phi) is 5.69. The van der Waals surface area contributed by atoms with Gasteiger partial charge >= 0.3 is 0 Å². The first-order chi connectivity index (χ1) is 9.26. The number of hydrogen-bond donors (Lipinski definition) is 4. The molecule has 0 fully saturated rings. The molecule has 1 heterocycles. The van der Waals surface area contributed by atoms with Crippen molar-refractivity contribution in [3.05, 3.63) is 17.3 Å². The number of rotatable bonds is 6. The molecule has 0 aliphatic rings. The largest absolute Gasteiger partial charge is 0.353 e. The van der Waals surface area contributed by atoms with Crippen molar-refractivity contribution in [3.8, 4) is 0 Å². The number of nitrogens with zero attached hydrogens (tertiary/aromatic N) is 1. The second-order valence-electron chi connectivity index (χ2n) is 4.19. The Morgan fingerprint density at radius 2 is 2.15 bits per heavy atom. The van der Waals surface area contributed by atoms with E-state index in [9.17, 15) is 13.2 Å². The van der Waals surface area contributed by atoms with Gasteiger partial charge in [0, 0.05) is 12.2 Å². The molecular formula is C10H16ClN5O3S. The second-order valence-corrected chi connectivity index (χ2v) is 6.37. The summed E-state index contributed by atoms with van der Waals surface area (Å²) in [5, 5.41) is 2.62. The minimum atomic E-state index is -3.86. The molecule has 0 spiro atoms. The number of amides is 1. The van der Waals surface area contributed by atoms with Crippen LogP contribution < -0.4 is 21.3 Å². The van der Waals surface area contributed by atoms with E-state index in [1.807, 2.05) is 0 Å². The summed E-state index contributed by atoms with van der Waals surface area (Å²) < 4.78 is 26.0. The Labute approximate surface area is 122 Å². The molecule has 0 bridgehead atoms. The van der Waals surface area contributed by atoms with Crippen LogP contribution in [0.2, 0.25) is 5.02 Å². The minimum Gasteiger partial charge on any atom is -0.353 e. The SMILES string of the molecule is CC(C)NC(=O)CNS(=O)(=O)c1cnc(NN)c(Cl)c1. The van der Waals surface area contributed by atoms with Crippen LogP contribution in [0.5, 0.6) is 0 Å². The molecule has 112 valence electrons. The molecule has 1 aromatic rings. The van der Waals surface area contributed by atoms with E-state index in [2.05, 4.69) is 20.4 Å². The first-order valence-electron chi connectivity index (χ1n) is 5.67. The number of anilines is 1. The van der Waals surface area contributed by atoms with Gasteiger partial charge in [0.1, 0.15) is 4.90 Å². The summed E-state index contributed by atoms with van der Waals surface area (Å²) in [5.74, 6) is 4.87. The Bertz CT molecular complexity index is 591. The Balaban J connectivity index is 2.79. The van der Waals surface area contributed by atoms with E-state index in [1.54, 1.807) is 13.8 Å². The van der Waals surface area contributed by atoms with E-state index >= 15 is 0 Å². The highest BCUT2D eigenvalue weighted by molar-refractivity contribution is 7.89. The molecule has 1 rings (SSSR count). The molecule has 20 heavy (non-hydrogen) atoms. The molecule has 0 radical (unpaired) electrons. The molecule has 1 aromatic heterocycles. The van der Waals surface area contributed by atoms with Crippen molar-refractivity contribution in [1.82, 2.24) is 15.0 Å². The molecule has 0 saturated carbocycles. The van der Waals surface area contributed by atoms with Crippen molar-refractivity contribution in [3.63, 3.8) is 0 Å². The van der Waals surface area contributed by atoms with Gasteiger partial charge in [-0.25, -0.2) is 24.0 Å². The maximum Gasteiger partial charge on any atom is 0.242 e. The highest BCUT2D eigenvalue weighted by atomic mass is 35.5. The van der Waals surface area contributed by atoms with Gasteiger partial charge in [0.05, 0.1) is 11.6 Å². The smallest absolute Gasteiger partial charge is 0.242 e. The summed E-state index contributed by atoms with van der Waals surface area (Å²) in [6, 6.07) is 1.12. The predicted molar refractivity (Wildman–Crippen MR) is 75.5 cm³/mol. The Hall–Kier alpha value is -1.42. The Morgan fingerprint density at radius 3 is 2.65 bits per heavy atom. The van der Waals surface area contributed by atoms with Crippen LogP contribution in [0.3, 0.4) is 0 Å². The lowest BCUT2D eigenvalue weighted by Gasteiger charge is -2.10. The number of hydrazine groups is 1. The van der Waals surface area contributed by atoms with Crippen molar-refractivity contribution in [2.75, 3.05) is 12.0 Å². The van der Waals surface area contributed by atoms with E-state index in [4.69, 9.17) is 17.4 Å². The average Bonchev–Trinajstić information content (AvgIpc) is 2.35. The third kappa shape index (κ3) is 4.60. The zero-order chi connectivity index (χ0) is 15.3. The van der Waals surface area contributed by atoms with Crippen LogP contribution in [-0.4, -0.2) is 31.9 Å².